The summed E-state index contributed by atoms with van der Waals surface area (Å²) in [4.78, 5) is 25.9. The fraction of sp³-hybridized carbons (Fsp3) is 0.286. The average Bonchev–Trinajstić information content (AvgIpc) is 3.25. The van der Waals surface area contributed by atoms with Gasteiger partial charge in [0.25, 0.3) is 5.56 Å². The molecule has 3 aromatic rings. The molecule has 1 amide bonds. The van der Waals surface area contributed by atoms with Crippen molar-refractivity contribution in [3.05, 3.63) is 69.8 Å². The minimum Gasteiger partial charge on any atom is -0.492 e. The fourth-order valence-electron chi connectivity index (χ4n) is 2.78. The van der Waals surface area contributed by atoms with Crippen molar-refractivity contribution in [2.24, 2.45) is 0 Å². The summed E-state index contributed by atoms with van der Waals surface area (Å²) >= 11 is 1.46. The Morgan fingerprint density at radius 3 is 2.61 bits per heavy atom. The number of amides is 1. The maximum Gasteiger partial charge on any atom is 0.416 e. The highest BCUT2D eigenvalue weighted by Crippen LogP contribution is 2.31. The second-order valence-corrected chi connectivity index (χ2v) is 8.08. The van der Waals surface area contributed by atoms with Crippen LogP contribution >= 0.6 is 11.3 Å². The highest BCUT2D eigenvalue weighted by Gasteiger charge is 2.32. The molecule has 0 bridgehead atoms. The lowest BCUT2D eigenvalue weighted by molar-refractivity contribution is -0.137. The van der Waals surface area contributed by atoms with E-state index in [0.29, 0.717) is 5.69 Å². The minimum atomic E-state index is -4.46. The molecule has 0 radical (unpaired) electrons. The molecule has 0 aliphatic carbocycles. The average molecular weight is 451 g/mol. The van der Waals surface area contributed by atoms with E-state index in [1.165, 1.54) is 29.5 Å². The van der Waals surface area contributed by atoms with Gasteiger partial charge in [-0.1, -0.05) is 12.1 Å². The van der Waals surface area contributed by atoms with Crippen LogP contribution in [-0.4, -0.2) is 28.8 Å². The molecule has 0 saturated heterocycles. The SMILES string of the molecule is CC(C)(C(=O)NCCOc1cccc(C(F)(F)F)c1)n1nc(-c2cccs2)ccc1=O. The molecule has 1 N–H and O–H groups in total. The van der Waals surface area contributed by atoms with Crippen LogP contribution in [0.1, 0.15) is 19.4 Å². The van der Waals surface area contributed by atoms with Crippen molar-refractivity contribution in [1.29, 1.82) is 0 Å². The normalized spacial score (nSPS) is 11.9. The van der Waals surface area contributed by atoms with Crippen LogP contribution < -0.4 is 15.6 Å². The van der Waals surface area contributed by atoms with Crippen LogP contribution in [0.5, 0.6) is 5.75 Å². The lowest BCUT2D eigenvalue weighted by atomic mass is 10.0. The number of carbonyl (C=O) groups excluding carboxylic acids is 1. The third-order valence-electron chi connectivity index (χ3n) is 4.48. The highest BCUT2D eigenvalue weighted by molar-refractivity contribution is 7.13. The van der Waals surface area contributed by atoms with Crippen LogP contribution in [-0.2, 0) is 16.5 Å². The molecule has 10 heteroatoms. The van der Waals surface area contributed by atoms with E-state index in [1.807, 2.05) is 17.5 Å². The molecule has 2 aromatic heterocycles. The number of benzene rings is 1. The predicted molar refractivity (Wildman–Crippen MR) is 111 cm³/mol. The van der Waals surface area contributed by atoms with Gasteiger partial charge in [0.1, 0.15) is 23.6 Å². The van der Waals surface area contributed by atoms with E-state index in [9.17, 15) is 22.8 Å². The zero-order valence-corrected chi connectivity index (χ0v) is 17.6. The molecular weight excluding hydrogens is 431 g/mol. The first-order valence-corrected chi connectivity index (χ1v) is 10.2. The van der Waals surface area contributed by atoms with E-state index in [0.717, 1.165) is 21.7 Å². The van der Waals surface area contributed by atoms with Crippen molar-refractivity contribution in [1.82, 2.24) is 15.1 Å². The number of thiophene rings is 1. The van der Waals surface area contributed by atoms with Crippen molar-refractivity contribution in [3.63, 3.8) is 0 Å². The molecule has 0 unspecified atom stereocenters. The molecule has 0 fully saturated rings. The monoisotopic (exact) mass is 451 g/mol. The predicted octanol–water partition coefficient (Wildman–Crippen LogP) is 3.92. The fourth-order valence-corrected chi connectivity index (χ4v) is 3.47. The number of hydrogen-bond acceptors (Lipinski definition) is 5. The number of ether oxygens (including phenoxy) is 1. The molecule has 164 valence electrons. The van der Waals surface area contributed by atoms with Gasteiger partial charge in [-0.05, 0) is 49.6 Å². The zero-order chi connectivity index (χ0) is 22.6. The van der Waals surface area contributed by atoms with Crippen molar-refractivity contribution in [2.45, 2.75) is 25.6 Å². The van der Waals surface area contributed by atoms with Crippen LogP contribution in [0.2, 0.25) is 0 Å². The third-order valence-corrected chi connectivity index (χ3v) is 5.37. The van der Waals surface area contributed by atoms with E-state index < -0.39 is 28.7 Å². The Bertz CT molecular complexity index is 1110. The zero-order valence-electron chi connectivity index (χ0n) is 16.8. The molecule has 0 atom stereocenters. The van der Waals surface area contributed by atoms with Gasteiger partial charge in [0.05, 0.1) is 17.0 Å². The maximum absolute atomic E-state index is 12.8. The van der Waals surface area contributed by atoms with Gasteiger partial charge in [-0.2, -0.15) is 18.3 Å². The number of carbonyl (C=O) groups is 1. The third kappa shape index (κ3) is 5.32. The standard InChI is InChI=1S/C21H20F3N3O3S/c1-20(2,27-18(28)9-8-16(26-27)17-7-4-12-31-17)19(29)25-10-11-30-15-6-3-5-14(13-15)21(22,23)24/h3-9,12-13H,10-11H2,1-2H3,(H,25,29). The molecule has 0 spiro atoms. The Labute approximate surface area is 180 Å². The molecule has 0 saturated carbocycles. The van der Waals surface area contributed by atoms with Gasteiger partial charge >= 0.3 is 6.18 Å². The number of alkyl halides is 3. The van der Waals surface area contributed by atoms with Crippen LogP contribution in [0, 0.1) is 0 Å². The smallest absolute Gasteiger partial charge is 0.416 e. The first-order chi connectivity index (χ1) is 14.6. The Morgan fingerprint density at radius 2 is 1.94 bits per heavy atom. The first-order valence-electron chi connectivity index (χ1n) is 9.32. The molecule has 0 aliphatic rings. The molecule has 3 rings (SSSR count). The summed E-state index contributed by atoms with van der Waals surface area (Å²) in [5.41, 5.74) is -1.96. The van der Waals surface area contributed by atoms with Crippen LogP contribution in [0.15, 0.2) is 58.7 Å². The largest absolute Gasteiger partial charge is 0.492 e. The second-order valence-electron chi connectivity index (χ2n) is 7.13. The van der Waals surface area contributed by atoms with E-state index in [4.69, 9.17) is 4.74 Å². The van der Waals surface area contributed by atoms with Gasteiger partial charge in [-0.25, -0.2) is 4.68 Å². The van der Waals surface area contributed by atoms with Gasteiger partial charge in [0, 0.05) is 6.07 Å². The number of nitrogens with zero attached hydrogens (tertiary/aromatic N) is 2. The maximum atomic E-state index is 12.8. The summed E-state index contributed by atoms with van der Waals surface area (Å²) in [6.07, 6.45) is -4.46. The van der Waals surface area contributed by atoms with Crippen molar-refractivity contribution in [2.75, 3.05) is 13.2 Å². The quantitative estimate of drug-likeness (QED) is 0.553. The van der Waals surface area contributed by atoms with Crippen molar-refractivity contribution in [3.8, 4) is 16.3 Å². The number of nitrogens with one attached hydrogen (secondary N) is 1. The Morgan fingerprint density at radius 1 is 1.16 bits per heavy atom. The molecule has 6 nitrogen and oxygen atoms in total. The summed E-state index contributed by atoms with van der Waals surface area (Å²) in [6.45, 7) is 3.11. The van der Waals surface area contributed by atoms with E-state index in [-0.39, 0.29) is 18.9 Å². The Balaban J connectivity index is 1.63. The van der Waals surface area contributed by atoms with Gasteiger partial charge in [-0.3, -0.25) is 9.59 Å². The minimum absolute atomic E-state index is 0.0396. The van der Waals surface area contributed by atoms with E-state index in [1.54, 1.807) is 19.9 Å². The van der Waals surface area contributed by atoms with E-state index in [2.05, 4.69) is 10.4 Å². The van der Waals surface area contributed by atoms with Crippen LogP contribution in [0.25, 0.3) is 10.6 Å². The molecule has 1 aromatic carbocycles. The molecule has 31 heavy (non-hydrogen) atoms. The lowest BCUT2D eigenvalue weighted by Gasteiger charge is -2.25. The molecule has 2 heterocycles. The summed E-state index contributed by atoms with van der Waals surface area (Å²) in [5.74, 6) is -0.428. The van der Waals surface area contributed by atoms with Crippen molar-refractivity contribution < 1.29 is 22.7 Å². The van der Waals surface area contributed by atoms with Gasteiger partial charge in [-0.15, -0.1) is 11.3 Å². The topological polar surface area (TPSA) is 73.2 Å². The lowest BCUT2D eigenvalue weighted by Crippen LogP contribution is -2.50. The summed E-state index contributed by atoms with van der Waals surface area (Å²) in [7, 11) is 0. The summed E-state index contributed by atoms with van der Waals surface area (Å²) < 4.78 is 44.7. The van der Waals surface area contributed by atoms with Gasteiger partial charge < -0.3 is 10.1 Å². The molecule has 0 aliphatic heterocycles. The Kier molecular flexibility index (Phi) is 6.49. The number of halogens is 3. The summed E-state index contributed by atoms with van der Waals surface area (Å²) in [6, 6.07) is 11.2. The Hall–Kier alpha value is -3.14. The number of hydrogen-bond donors (Lipinski definition) is 1. The number of aromatic nitrogens is 2. The van der Waals surface area contributed by atoms with Crippen LogP contribution in [0.4, 0.5) is 13.2 Å². The van der Waals surface area contributed by atoms with Gasteiger partial charge in [0.15, 0.2) is 0 Å². The van der Waals surface area contributed by atoms with Gasteiger partial charge in [0.2, 0.25) is 5.91 Å². The van der Waals surface area contributed by atoms with Crippen molar-refractivity contribution >= 4 is 17.2 Å². The highest BCUT2D eigenvalue weighted by atomic mass is 32.1. The second kappa shape index (κ2) is 8.93. The van der Waals surface area contributed by atoms with Crippen LogP contribution in [0.3, 0.4) is 0 Å². The summed E-state index contributed by atoms with van der Waals surface area (Å²) in [5, 5.41) is 8.85. The first kappa shape index (κ1) is 22.5. The molecular formula is C21H20F3N3O3S. The number of rotatable bonds is 7. The van der Waals surface area contributed by atoms with E-state index >= 15 is 0 Å².